The maximum Gasteiger partial charge on any atom is 0.329 e. The number of para-hydroxylation sites is 1. The Morgan fingerprint density at radius 1 is 1.44 bits per heavy atom. The van der Waals surface area contributed by atoms with E-state index in [0.29, 0.717) is 11.3 Å². The van der Waals surface area contributed by atoms with E-state index in [1.807, 2.05) is 0 Å². The third-order valence-corrected chi connectivity index (χ3v) is 2.61. The number of amides is 2. The fraction of sp³-hybridized carbons (Fsp3) is 0.333. The number of nitrogens with one attached hydrogen (secondary N) is 1. The molecule has 6 nitrogen and oxygen atoms in total. The number of carbonyl (C=O) groups excluding carboxylic acids is 1. The monoisotopic (exact) mass is 252 g/mol. The standard InChI is InChI=1S/C12H16N2O4/c1-12(10(15)16,14-11(13)17)7-8-5-3-4-6-9(8)18-2/h3-6H,7H2,1-2H3,(H,15,16)(H3,13,14,17). The van der Waals surface area contributed by atoms with Crippen LogP contribution in [0.15, 0.2) is 24.3 Å². The third-order valence-electron chi connectivity index (χ3n) is 2.61. The molecule has 0 heterocycles. The van der Waals surface area contributed by atoms with Crippen molar-refractivity contribution in [2.45, 2.75) is 18.9 Å². The Morgan fingerprint density at radius 2 is 2.06 bits per heavy atom. The number of hydrogen-bond donors (Lipinski definition) is 3. The normalized spacial score (nSPS) is 13.4. The number of aliphatic carboxylic acids is 1. The predicted molar refractivity (Wildman–Crippen MR) is 65.5 cm³/mol. The van der Waals surface area contributed by atoms with Gasteiger partial charge in [0.25, 0.3) is 0 Å². The summed E-state index contributed by atoms with van der Waals surface area (Å²) in [6.45, 7) is 1.40. The summed E-state index contributed by atoms with van der Waals surface area (Å²) in [4.78, 5) is 22.1. The fourth-order valence-corrected chi connectivity index (χ4v) is 1.68. The lowest BCUT2D eigenvalue weighted by Crippen LogP contribution is -2.55. The van der Waals surface area contributed by atoms with Gasteiger partial charge in [-0.15, -0.1) is 0 Å². The van der Waals surface area contributed by atoms with Crippen LogP contribution in [-0.2, 0) is 11.2 Å². The summed E-state index contributed by atoms with van der Waals surface area (Å²) in [5.74, 6) is -0.594. The van der Waals surface area contributed by atoms with Crippen LogP contribution in [0.4, 0.5) is 4.79 Å². The molecule has 0 aliphatic rings. The van der Waals surface area contributed by atoms with Gasteiger partial charge in [0, 0.05) is 6.42 Å². The zero-order chi connectivity index (χ0) is 13.8. The van der Waals surface area contributed by atoms with Crippen LogP contribution in [-0.4, -0.2) is 29.8 Å². The minimum atomic E-state index is -1.47. The summed E-state index contributed by atoms with van der Waals surface area (Å²) >= 11 is 0. The maximum atomic E-state index is 11.2. The number of rotatable bonds is 5. The van der Waals surface area contributed by atoms with Crippen molar-refractivity contribution in [1.82, 2.24) is 5.32 Å². The molecule has 0 aromatic heterocycles. The Hall–Kier alpha value is -2.24. The number of hydrogen-bond acceptors (Lipinski definition) is 3. The van der Waals surface area contributed by atoms with Crippen LogP contribution in [0, 0.1) is 0 Å². The van der Waals surface area contributed by atoms with Crippen LogP contribution >= 0.6 is 0 Å². The molecule has 6 heteroatoms. The first-order valence-electron chi connectivity index (χ1n) is 5.32. The number of nitrogens with two attached hydrogens (primary N) is 1. The summed E-state index contributed by atoms with van der Waals surface area (Å²) < 4.78 is 5.14. The van der Waals surface area contributed by atoms with Gasteiger partial charge in [0.15, 0.2) is 0 Å². The molecule has 1 rings (SSSR count). The largest absolute Gasteiger partial charge is 0.496 e. The first kappa shape index (κ1) is 13.8. The molecule has 4 N–H and O–H groups in total. The molecule has 1 unspecified atom stereocenters. The van der Waals surface area contributed by atoms with E-state index in [9.17, 15) is 14.7 Å². The maximum absolute atomic E-state index is 11.2. The average Bonchev–Trinajstić information content (AvgIpc) is 2.28. The number of methoxy groups -OCH3 is 1. The SMILES string of the molecule is COc1ccccc1CC(C)(NC(N)=O)C(=O)O. The molecule has 0 saturated carbocycles. The Bertz CT molecular complexity index is 461. The molecule has 2 amide bonds. The smallest absolute Gasteiger partial charge is 0.329 e. The summed E-state index contributed by atoms with van der Waals surface area (Å²) in [5.41, 5.74) is 4.20. The second-order valence-electron chi connectivity index (χ2n) is 4.12. The first-order chi connectivity index (χ1) is 8.39. The molecular weight excluding hydrogens is 236 g/mol. The number of carboxylic acid groups (broad SMARTS) is 1. The minimum absolute atomic E-state index is 0.0787. The summed E-state index contributed by atoms with van der Waals surface area (Å²) in [7, 11) is 1.50. The molecule has 98 valence electrons. The third kappa shape index (κ3) is 3.13. The average molecular weight is 252 g/mol. The predicted octanol–water partition coefficient (Wildman–Crippen LogP) is 0.749. The van der Waals surface area contributed by atoms with Crippen LogP contribution in [0.3, 0.4) is 0 Å². The van der Waals surface area contributed by atoms with Crippen LogP contribution in [0.25, 0.3) is 0 Å². The van der Waals surface area contributed by atoms with Gasteiger partial charge in [0.2, 0.25) is 0 Å². The molecule has 0 fully saturated rings. The summed E-state index contributed by atoms with van der Waals surface area (Å²) in [6.07, 6.45) is 0.0787. The molecular formula is C12H16N2O4. The van der Waals surface area contributed by atoms with Gasteiger partial charge in [-0.05, 0) is 18.6 Å². The number of carboxylic acids is 1. The number of urea groups is 1. The van der Waals surface area contributed by atoms with E-state index >= 15 is 0 Å². The van der Waals surface area contributed by atoms with Crippen LogP contribution in [0.5, 0.6) is 5.75 Å². The second-order valence-corrected chi connectivity index (χ2v) is 4.12. The molecule has 0 saturated heterocycles. The quantitative estimate of drug-likeness (QED) is 0.719. The molecule has 1 aromatic rings. The van der Waals surface area contributed by atoms with Crippen LogP contribution in [0.1, 0.15) is 12.5 Å². The Balaban J connectivity index is 3.03. The highest BCUT2D eigenvalue weighted by Gasteiger charge is 2.35. The number of primary amides is 1. The topological polar surface area (TPSA) is 102 Å². The van der Waals surface area contributed by atoms with Crippen molar-refractivity contribution < 1.29 is 19.4 Å². The number of ether oxygens (including phenoxy) is 1. The van der Waals surface area contributed by atoms with Gasteiger partial charge >= 0.3 is 12.0 Å². The highest BCUT2D eigenvalue weighted by Crippen LogP contribution is 2.23. The van der Waals surface area contributed by atoms with E-state index in [-0.39, 0.29) is 6.42 Å². The van der Waals surface area contributed by atoms with Gasteiger partial charge in [-0.25, -0.2) is 9.59 Å². The zero-order valence-corrected chi connectivity index (χ0v) is 10.3. The van der Waals surface area contributed by atoms with Gasteiger partial charge in [0.1, 0.15) is 11.3 Å². The molecule has 1 atom stereocenters. The molecule has 0 aliphatic heterocycles. The summed E-state index contributed by atoms with van der Waals surface area (Å²) in [6, 6.07) is 6.13. The highest BCUT2D eigenvalue weighted by atomic mass is 16.5. The Kier molecular flexibility index (Phi) is 4.14. The van der Waals surface area contributed by atoms with Crippen molar-refractivity contribution >= 4 is 12.0 Å². The van der Waals surface area contributed by atoms with Crippen molar-refractivity contribution in [2.24, 2.45) is 5.73 Å². The van der Waals surface area contributed by atoms with Crippen molar-refractivity contribution in [1.29, 1.82) is 0 Å². The molecule has 1 aromatic carbocycles. The molecule has 0 radical (unpaired) electrons. The lowest BCUT2D eigenvalue weighted by Gasteiger charge is -2.26. The lowest BCUT2D eigenvalue weighted by atomic mass is 9.92. The van der Waals surface area contributed by atoms with E-state index in [1.165, 1.54) is 14.0 Å². The Labute approximate surface area is 105 Å². The van der Waals surface area contributed by atoms with Crippen LogP contribution < -0.4 is 15.8 Å². The van der Waals surface area contributed by atoms with Gasteiger partial charge in [0.05, 0.1) is 7.11 Å². The minimum Gasteiger partial charge on any atom is -0.496 e. The number of carbonyl (C=O) groups is 2. The van der Waals surface area contributed by atoms with Crippen molar-refractivity contribution in [3.05, 3.63) is 29.8 Å². The van der Waals surface area contributed by atoms with E-state index in [2.05, 4.69) is 5.32 Å². The van der Waals surface area contributed by atoms with E-state index in [1.54, 1.807) is 24.3 Å². The van der Waals surface area contributed by atoms with Gasteiger partial charge < -0.3 is 20.9 Å². The zero-order valence-electron chi connectivity index (χ0n) is 10.3. The lowest BCUT2D eigenvalue weighted by molar-refractivity contribution is -0.143. The molecule has 0 aliphatic carbocycles. The van der Waals surface area contributed by atoms with Crippen LogP contribution in [0.2, 0.25) is 0 Å². The highest BCUT2D eigenvalue weighted by molar-refractivity contribution is 5.85. The van der Waals surface area contributed by atoms with Crippen molar-refractivity contribution in [2.75, 3.05) is 7.11 Å². The molecule has 0 bridgehead atoms. The van der Waals surface area contributed by atoms with E-state index in [0.717, 1.165) is 0 Å². The molecule has 18 heavy (non-hydrogen) atoms. The van der Waals surface area contributed by atoms with Crippen molar-refractivity contribution in [3.63, 3.8) is 0 Å². The van der Waals surface area contributed by atoms with Gasteiger partial charge in [-0.2, -0.15) is 0 Å². The van der Waals surface area contributed by atoms with E-state index < -0.39 is 17.5 Å². The Morgan fingerprint density at radius 3 is 2.56 bits per heavy atom. The second kappa shape index (κ2) is 5.39. The van der Waals surface area contributed by atoms with E-state index in [4.69, 9.17) is 10.5 Å². The van der Waals surface area contributed by atoms with Gasteiger partial charge in [-0.3, -0.25) is 0 Å². The molecule has 0 spiro atoms. The summed E-state index contributed by atoms with van der Waals surface area (Å²) in [5, 5.41) is 11.4. The van der Waals surface area contributed by atoms with Crippen molar-refractivity contribution in [3.8, 4) is 5.75 Å². The first-order valence-corrected chi connectivity index (χ1v) is 5.32. The number of benzene rings is 1. The fourth-order valence-electron chi connectivity index (χ4n) is 1.68. The van der Waals surface area contributed by atoms with Gasteiger partial charge in [-0.1, -0.05) is 18.2 Å².